The molecule has 0 aliphatic carbocycles. The lowest BCUT2D eigenvalue weighted by Gasteiger charge is -2.12. The SMILES string of the molecule is COCc1cc(N)c2ncc(/C(N)=C(/C=C\N)C(F)(F)F)nc2n1. The van der Waals surface area contributed by atoms with Gasteiger partial charge in [0.05, 0.1) is 35.5 Å². The Morgan fingerprint density at radius 1 is 1.33 bits per heavy atom. The van der Waals surface area contributed by atoms with Crippen LogP contribution < -0.4 is 17.2 Å². The van der Waals surface area contributed by atoms with Gasteiger partial charge in [-0.15, -0.1) is 0 Å². The van der Waals surface area contributed by atoms with E-state index in [0.29, 0.717) is 11.8 Å². The van der Waals surface area contributed by atoms with Crippen molar-refractivity contribution >= 4 is 22.5 Å². The fourth-order valence-electron chi connectivity index (χ4n) is 2.00. The van der Waals surface area contributed by atoms with Gasteiger partial charge in [-0.25, -0.2) is 15.0 Å². The number of hydrogen-bond donors (Lipinski definition) is 3. The number of nitrogens with two attached hydrogens (primary N) is 3. The molecule has 0 atom stereocenters. The van der Waals surface area contributed by atoms with Gasteiger partial charge in [-0.05, 0) is 18.3 Å². The molecule has 0 spiro atoms. The van der Waals surface area contributed by atoms with Gasteiger partial charge in [-0.2, -0.15) is 13.2 Å². The van der Waals surface area contributed by atoms with E-state index in [4.69, 9.17) is 21.9 Å². The molecule has 24 heavy (non-hydrogen) atoms. The third kappa shape index (κ3) is 3.54. The van der Waals surface area contributed by atoms with Gasteiger partial charge in [-0.1, -0.05) is 0 Å². The summed E-state index contributed by atoms with van der Waals surface area (Å²) in [4.78, 5) is 12.2. The second-order valence-corrected chi connectivity index (χ2v) is 4.75. The van der Waals surface area contributed by atoms with Crippen molar-refractivity contribution in [1.29, 1.82) is 0 Å². The zero-order valence-corrected chi connectivity index (χ0v) is 12.6. The van der Waals surface area contributed by atoms with Crippen molar-refractivity contribution in [2.45, 2.75) is 12.8 Å². The van der Waals surface area contributed by atoms with E-state index in [0.717, 1.165) is 12.4 Å². The van der Waals surface area contributed by atoms with Crippen LogP contribution in [0.4, 0.5) is 18.9 Å². The number of methoxy groups -OCH3 is 1. The van der Waals surface area contributed by atoms with Crippen LogP contribution in [0, 0.1) is 0 Å². The summed E-state index contributed by atoms with van der Waals surface area (Å²) in [6.07, 6.45) is -2.19. The van der Waals surface area contributed by atoms with Crippen molar-refractivity contribution in [3.8, 4) is 0 Å². The number of pyridine rings is 1. The van der Waals surface area contributed by atoms with Gasteiger partial charge >= 0.3 is 6.18 Å². The Morgan fingerprint density at radius 2 is 2.04 bits per heavy atom. The lowest BCUT2D eigenvalue weighted by atomic mass is 10.1. The maximum Gasteiger partial charge on any atom is 0.418 e. The van der Waals surface area contributed by atoms with E-state index < -0.39 is 17.4 Å². The molecule has 2 heterocycles. The van der Waals surface area contributed by atoms with Gasteiger partial charge in [0.1, 0.15) is 11.2 Å². The number of rotatable bonds is 4. The summed E-state index contributed by atoms with van der Waals surface area (Å²) in [5.74, 6) is 0. The smallest absolute Gasteiger partial charge is 0.405 e. The summed E-state index contributed by atoms with van der Waals surface area (Å²) in [5.41, 5.74) is 15.7. The number of halogens is 3. The molecule has 0 fully saturated rings. The van der Waals surface area contributed by atoms with Crippen LogP contribution in [0.15, 0.2) is 30.1 Å². The molecule has 2 aromatic rings. The minimum Gasteiger partial charge on any atom is -0.405 e. The summed E-state index contributed by atoms with van der Waals surface area (Å²) >= 11 is 0. The zero-order valence-electron chi connectivity index (χ0n) is 12.6. The first kappa shape index (κ1) is 17.5. The fourth-order valence-corrected chi connectivity index (χ4v) is 2.00. The molecule has 2 rings (SSSR count). The highest BCUT2D eigenvalue weighted by Gasteiger charge is 2.34. The molecule has 0 amide bonds. The third-order valence-electron chi connectivity index (χ3n) is 3.03. The first-order chi connectivity index (χ1) is 11.3. The lowest BCUT2D eigenvalue weighted by molar-refractivity contribution is -0.0877. The van der Waals surface area contributed by atoms with Crippen molar-refractivity contribution in [2.24, 2.45) is 11.5 Å². The molecular weight excluding hydrogens is 325 g/mol. The van der Waals surface area contributed by atoms with Crippen molar-refractivity contribution in [1.82, 2.24) is 15.0 Å². The van der Waals surface area contributed by atoms with Crippen molar-refractivity contribution in [3.05, 3.63) is 41.5 Å². The van der Waals surface area contributed by atoms with Gasteiger partial charge in [-0.3, -0.25) is 0 Å². The molecule has 0 aliphatic rings. The Hall–Kier alpha value is -2.88. The highest BCUT2D eigenvalue weighted by Crippen LogP contribution is 2.31. The standard InChI is InChI=1S/C14H15F3N6O/c1-24-6-7-4-9(19)12-13(22-7)23-10(5-21-12)11(20)8(2-3-18)14(15,16)17/h2-5H,6,18,20H2,1H3,(H2,19,22,23)/b3-2-,11-8+. The molecule has 128 valence electrons. The van der Waals surface area contributed by atoms with Gasteiger partial charge in [0.2, 0.25) is 0 Å². The number of fused-ring (bicyclic) bond motifs is 1. The molecule has 0 radical (unpaired) electrons. The van der Waals surface area contributed by atoms with Crippen LogP contribution >= 0.6 is 0 Å². The molecule has 0 aliphatic heterocycles. The zero-order chi connectivity index (χ0) is 17.9. The Balaban J connectivity index is 2.64. The van der Waals surface area contributed by atoms with E-state index in [-0.39, 0.29) is 29.2 Å². The van der Waals surface area contributed by atoms with E-state index in [9.17, 15) is 13.2 Å². The number of hydrogen-bond acceptors (Lipinski definition) is 7. The normalized spacial score (nSPS) is 13.5. The van der Waals surface area contributed by atoms with Crippen LogP contribution in [0.2, 0.25) is 0 Å². The Bertz CT molecular complexity index is 816. The summed E-state index contributed by atoms with van der Waals surface area (Å²) < 4.78 is 44.1. The Labute approximate surface area is 135 Å². The maximum atomic E-state index is 13.0. The van der Waals surface area contributed by atoms with Crippen molar-refractivity contribution in [3.63, 3.8) is 0 Å². The first-order valence-corrected chi connectivity index (χ1v) is 6.64. The molecule has 0 bridgehead atoms. The third-order valence-corrected chi connectivity index (χ3v) is 3.03. The maximum absolute atomic E-state index is 13.0. The monoisotopic (exact) mass is 340 g/mol. The molecule has 0 aromatic carbocycles. The summed E-state index contributed by atoms with van der Waals surface area (Å²) in [7, 11) is 1.47. The molecule has 0 saturated heterocycles. The highest BCUT2D eigenvalue weighted by molar-refractivity contribution is 5.84. The van der Waals surface area contributed by atoms with Crippen molar-refractivity contribution in [2.75, 3.05) is 12.8 Å². The fraction of sp³-hybridized carbons (Fsp3) is 0.214. The molecular formula is C14H15F3N6O. The molecule has 7 nitrogen and oxygen atoms in total. The highest BCUT2D eigenvalue weighted by atomic mass is 19.4. The summed E-state index contributed by atoms with van der Waals surface area (Å²) in [6, 6.07) is 1.55. The van der Waals surface area contributed by atoms with Gasteiger partial charge in [0.15, 0.2) is 5.65 Å². The van der Waals surface area contributed by atoms with Gasteiger partial charge in [0, 0.05) is 7.11 Å². The molecule has 6 N–H and O–H groups in total. The number of ether oxygens (including phenoxy) is 1. The Kier molecular flexibility index (Phi) is 4.88. The summed E-state index contributed by atoms with van der Waals surface area (Å²) in [5, 5.41) is 0. The number of nitrogens with zero attached hydrogens (tertiary/aromatic N) is 3. The molecule has 0 saturated carbocycles. The Morgan fingerprint density at radius 3 is 2.62 bits per heavy atom. The number of allylic oxidation sites excluding steroid dienone is 2. The topological polar surface area (TPSA) is 126 Å². The molecule has 0 unspecified atom stereocenters. The van der Waals surface area contributed by atoms with E-state index in [2.05, 4.69) is 15.0 Å². The molecule has 10 heteroatoms. The van der Waals surface area contributed by atoms with Crippen molar-refractivity contribution < 1.29 is 17.9 Å². The average molecular weight is 340 g/mol. The second-order valence-electron chi connectivity index (χ2n) is 4.75. The molecule has 2 aromatic heterocycles. The van der Waals surface area contributed by atoms with Crippen LogP contribution in [0.1, 0.15) is 11.4 Å². The summed E-state index contributed by atoms with van der Waals surface area (Å²) in [6.45, 7) is 0.168. The quantitative estimate of drug-likeness (QED) is 0.719. The van der Waals surface area contributed by atoms with E-state index in [1.54, 1.807) is 6.07 Å². The van der Waals surface area contributed by atoms with Gasteiger partial charge < -0.3 is 21.9 Å². The number of anilines is 1. The second kappa shape index (κ2) is 6.71. The van der Waals surface area contributed by atoms with Gasteiger partial charge in [0.25, 0.3) is 0 Å². The van der Waals surface area contributed by atoms with Crippen LogP contribution in [-0.2, 0) is 11.3 Å². The van der Waals surface area contributed by atoms with Crippen LogP contribution in [0.3, 0.4) is 0 Å². The minimum atomic E-state index is -4.69. The lowest BCUT2D eigenvalue weighted by Crippen LogP contribution is -2.17. The minimum absolute atomic E-state index is 0.0701. The average Bonchev–Trinajstić information content (AvgIpc) is 2.50. The van der Waals surface area contributed by atoms with E-state index in [1.165, 1.54) is 7.11 Å². The number of alkyl halides is 3. The largest absolute Gasteiger partial charge is 0.418 e. The predicted octanol–water partition coefficient (Wildman–Crippen LogP) is 1.46. The first-order valence-electron chi connectivity index (χ1n) is 6.64. The van der Waals surface area contributed by atoms with E-state index in [1.807, 2.05) is 0 Å². The number of nitrogen functional groups attached to an aromatic ring is 1. The number of aromatic nitrogens is 3. The van der Waals surface area contributed by atoms with Crippen LogP contribution in [-0.4, -0.2) is 28.2 Å². The van der Waals surface area contributed by atoms with Crippen LogP contribution in [0.25, 0.3) is 16.9 Å². The predicted molar refractivity (Wildman–Crippen MR) is 82.9 cm³/mol. The van der Waals surface area contributed by atoms with Crippen LogP contribution in [0.5, 0.6) is 0 Å². The van der Waals surface area contributed by atoms with E-state index >= 15 is 0 Å².